The summed E-state index contributed by atoms with van der Waals surface area (Å²) >= 11 is 0. The summed E-state index contributed by atoms with van der Waals surface area (Å²) in [4.78, 5) is 25.3. The molecule has 0 saturated heterocycles. The van der Waals surface area contributed by atoms with Gasteiger partial charge in [0.2, 0.25) is 0 Å². The number of nitrogens with one attached hydrogen (secondary N) is 2. The SMILES string of the molecule is CC[C@H](C)NC(=O)c1cccc(Nc2c(Oc3cccc(C)c3C)cnn(C)c2=O)c1. The van der Waals surface area contributed by atoms with Crippen LogP contribution in [0.2, 0.25) is 0 Å². The van der Waals surface area contributed by atoms with Crippen molar-refractivity contribution in [2.24, 2.45) is 7.05 Å². The number of hydrogen-bond donors (Lipinski definition) is 2. The first-order valence-corrected chi connectivity index (χ1v) is 10.3. The number of benzene rings is 2. The summed E-state index contributed by atoms with van der Waals surface area (Å²) < 4.78 is 7.29. The maximum absolute atomic E-state index is 12.8. The number of anilines is 2. The first-order valence-electron chi connectivity index (χ1n) is 10.3. The van der Waals surface area contributed by atoms with Gasteiger partial charge in [-0.15, -0.1) is 0 Å². The molecule has 0 unspecified atom stereocenters. The van der Waals surface area contributed by atoms with E-state index < -0.39 is 0 Å². The molecular formula is C24H28N4O3. The van der Waals surface area contributed by atoms with Crippen LogP contribution >= 0.6 is 0 Å². The zero-order valence-electron chi connectivity index (χ0n) is 18.5. The highest BCUT2D eigenvalue weighted by Crippen LogP contribution is 2.31. The third-order valence-corrected chi connectivity index (χ3v) is 5.26. The first-order chi connectivity index (χ1) is 14.8. The van der Waals surface area contributed by atoms with Crippen molar-refractivity contribution < 1.29 is 9.53 Å². The Morgan fingerprint density at radius 2 is 1.90 bits per heavy atom. The minimum absolute atomic E-state index is 0.0779. The van der Waals surface area contributed by atoms with Gasteiger partial charge in [0.25, 0.3) is 11.5 Å². The van der Waals surface area contributed by atoms with Crippen molar-refractivity contribution in [3.05, 3.63) is 75.7 Å². The fourth-order valence-electron chi connectivity index (χ4n) is 2.96. The lowest BCUT2D eigenvalue weighted by atomic mass is 10.1. The molecule has 0 spiro atoms. The number of aryl methyl sites for hydroxylation is 2. The van der Waals surface area contributed by atoms with Crippen LogP contribution in [-0.2, 0) is 7.05 Å². The van der Waals surface area contributed by atoms with Crippen LogP contribution in [0.25, 0.3) is 0 Å². The standard InChI is InChI=1S/C24H28N4O3/c1-6-16(3)26-23(29)18-10-8-11-19(13-18)27-22-21(14-25-28(5)24(22)30)31-20-12-7-9-15(2)17(20)4/h7-14,16,27H,6H2,1-5H3,(H,26,29)/t16-/m0/s1. The highest BCUT2D eigenvalue weighted by atomic mass is 16.5. The zero-order valence-corrected chi connectivity index (χ0v) is 18.5. The second-order valence-electron chi connectivity index (χ2n) is 7.60. The maximum Gasteiger partial charge on any atom is 0.294 e. The normalized spacial score (nSPS) is 11.6. The van der Waals surface area contributed by atoms with Crippen LogP contribution in [-0.4, -0.2) is 21.7 Å². The molecule has 2 N–H and O–H groups in total. The summed E-state index contributed by atoms with van der Waals surface area (Å²) in [6.07, 6.45) is 2.35. The van der Waals surface area contributed by atoms with Crippen LogP contribution in [0.5, 0.6) is 11.5 Å². The van der Waals surface area contributed by atoms with Gasteiger partial charge in [0, 0.05) is 24.3 Å². The third kappa shape index (κ3) is 5.12. The zero-order chi connectivity index (χ0) is 22.5. The van der Waals surface area contributed by atoms with E-state index in [0.29, 0.717) is 22.7 Å². The number of hydrogen-bond acceptors (Lipinski definition) is 5. The first kappa shape index (κ1) is 22.1. The number of carbonyl (C=O) groups excluding carboxylic acids is 1. The van der Waals surface area contributed by atoms with E-state index in [4.69, 9.17) is 4.74 Å². The molecule has 3 aromatic rings. The average Bonchev–Trinajstić information content (AvgIpc) is 2.76. The summed E-state index contributed by atoms with van der Waals surface area (Å²) in [5.74, 6) is 0.804. The van der Waals surface area contributed by atoms with E-state index in [2.05, 4.69) is 15.7 Å². The Morgan fingerprint density at radius 3 is 2.65 bits per heavy atom. The molecule has 2 aromatic carbocycles. The second-order valence-corrected chi connectivity index (χ2v) is 7.60. The van der Waals surface area contributed by atoms with Crippen LogP contribution in [0.3, 0.4) is 0 Å². The fourth-order valence-corrected chi connectivity index (χ4v) is 2.96. The predicted molar refractivity (Wildman–Crippen MR) is 122 cm³/mol. The molecule has 0 bridgehead atoms. The van der Waals surface area contributed by atoms with Gasteiger partial charge in [0.1, 0.15) is 5.75 Å². The number of nitrogens with zero attached hydrogens (tertiary/aromatic N) is 2. The van der Waals surface area contributed by atoms with Crippen LogP contribution in [0, 0.1) is 13.8 Å². The van der Waals surface area contributed by atoms with Crippen molar-refractivity contribution in [2.45, 2.75) is 40.2 Å². The molecule has 0 aliphatic heterocycles. The summed E-state index contributed by atoms with van der Waals surface area (Å²) in [7, 11) is 1.57. The molecule has 0 radical (unpaired) electrons. The quantitative estimate of drug-likeness (QED) is 0.589. The molecule has 1 atom stereocenters. The molecule has 7 heteroatoms. The van der Waals surface area contributed by atoms with Crippen LogP contribution in [0.1, 0.15) is 41.8 Å². The summed E-state index contributed by atoms with van der Waals surface area (Å²) in [6.45, 7) is 7.93. The van der Waals surface area contributed by atoms with Gasteiger partial charge in [0.05, 0.1) is 6.20 Å². The molecule has 0 saturated carbocycles. The molecule has 0 fully saturated rings. The highest BCUT2D eigenvalue weighted by molar-refractivity contribution is 5.95. The Hall–Kier alpha value is -3.61. The number of rotatable bonds is 7. The van der Waals surface area contributed by atoms with Crippen molar-refractivity contribution >= 4 is 17.3 Å². The minimum atomic E-state index is -0.336. The van der Waals surface area contributed by atoms with E-state index in [0.717, 1.165) is 17.5 Å². The lowest BCUT2D eigenvalue weighted by Gasteiger charge is -2.16. The van der Waals surface area contributed by atoms with Gasteiger partial charge in [-0.05, 0) is 62.6 Å². The van der Waals surface area contributed by atoms with E-state index >= 15 is 0 Å². The lowest BCUT2D eigenvalue weighted by Crippen LogP contribution is -2.31. The number of carbonyl (C=O) groups is 1. The summed E-state index contributed by atoms with van der Waals surface area (Å²) in [5, 5.41) is 10.2. The van der Waals surface area contributed by atoms with Crippen LogP contribution < -0.4 is 20.9 Å². The van der Waals surface area contributed by atoms with Crippen molar-refractivity contribution in [3.8, 4) is 11.5 Å². The Kier molecular flexibility index (Phi) is 6.74. The highest BCUT2D eigenvalue weighted by Gasteiger charge is 2.15. The molecule has 1 amide bonds. The van der Waals surface area contributed by atoms with Gasteiger partial charge in [-0.1, -0.05) is 25.1 Å². The molecule has 0 aliphatic carbocycles. The smallest absolute Gasteiger partial charge is 0.294 e. The Labute approximate surface area is 182 Å². The maximum atomic E-state index is 12.8. The van der Waals surface area contributed by atoms with Gasteiger partial charge in [-0.3, -0.25) is 9.59 Å². The van der Waals surface area contributed by atoms with E-state index in [1.54, 1.807) is 31.3 Å². The van der Waals surface area contributed by atoms with Gasteiger partial charge in [-0.2, -0.15) is 5.10 Å². The Morgan fingerprint density at radius 1 is 1.16 bits per heavy atom. The molecule has 1 heterocycles. The van der Waals surface area contributed by atoms with E-state index in [-0.39, 0.29) is 23.2 Å². The molecule has 7 nitrogen and oxygen atoms in total. The molecular weight excluding hydrogens is 392 g/mol. The summed E-state index contributed by atoms with van der Waals surface area (Å²) in [6, 6.07) is 12.8. The van der Waals surface area contributed by atoms with Crippen molar-refractivity contribution in [1.82, 2.24) is 15.1 Å². The Balaban J connectivity index is 1.94. The van der Waals surface area contributed by atoms with E-state index in [1.165, 1.54) is 10.9 Å². The topological polar surface area (TPSA) is 85.2 Å². The predicted octanol–water partition coefficient (Wildman–Crippen LogP) is 4.46. The monoisotopic (exact) mass is 420 g/mol. The fraction of sp³-hybridized carbons (Fsp3) is 0.292. The van der Waals surface area contributed by atoms with Gasteiger partial charge < -0.3 is 15.4 Å². The van der Waals surface area contributed by atoms with Gasteiger partial charge >= 0.3 is 0 Å². The Bertz CT molecular complexity index is 1150. The molecule has 31 heavy (non-hydrogen) atoms. The second kappa shape index (κ2) is 9.47. The number of amides is 1. The van der Waals surface area contributed by atoms with Crippen molar-refractivity contribution in [1.29, 1.82) is 0 Å². The molecule has 3 rings (SSSR count). The third-order valence-electron chi connectivity index (χ3n) is 5.26. The number of ether oxygens (including phenoxy) is 1. The largest absolute Gasteiger partial charge is 0.453 e. The van der Waals surface area contributed by atoms with Crippen molar-refractivity contribution in [3.63, 3.8) is 0 Å². The summed E-state index contributed by atoms with van der Waals surface area (Å²) in [5.41, 5.74) is 3.09. The molecule has 0 aliphatic rings. The number of aromatic nitrogens is 2. The molecule has 1 aromatic heterocycles. The average molecular weight is 421 g/mol. The van der Waals surface area contributed by atoms with E-state index in [1.807, 2.05) is 45.9 Å². The van der Waals surface area contributed by atoms with Crippen LogP contribution in [0.15, 0.2) is 53.5 Å². The van der Waals surface area contributed by atoms with Crippen molar-refractivity contribution in [2.75, 3.05) is 5.32 Å². The van der Waals surface area contributed by atoms with E-state index in [9.17, 15) is 9.59 Å². The molecule has 162 valence electrons. The van der Waals surface area contributed by atoms with Gasteiger partial charge in [0.15, 0.2) is 11.4 Å². The minimum Gasteiger partial charge on any atom is -0.453 e. The van der Waals surface area contributed by atoms with Crippen LogP contribution in [0.4, 0.5) is 11.4 Å². The lowest BCUT2D eigenvalue weighted by molar-refractivity contribution is 0.0939. The van der Waals surface area contributed by atoms with Gasteiger partial charge in [-0.25, -0.2) is 4.68 Å².